The number of carbonyl (C=O) groups is 1. The molecule has 0 amide bonds. The van der Waals surface area contributed by atoms with Gasteiger partial charge in [-0.15, -0.1) is 0 Å². The molecule has 2 rings (SSSR count). The number of aryl methyl sites for hydroxylation is 1. The molecule has 2 aromatic rings. The minimum absolute atomic E-state index is 0.0706. The number of carboxylic acid groups (broad SMARTS) is 1. The Morgan fingerprint density at radius 3 is 2.93 bits per heavy atom. The highest BCUT2D eigenvalue weighted by atomic mass is 16.4. The number of nitrogens with one attached hydrogen (secondary N) is 1. The predicted octanol–water partition coefficient (Wildman–Crippen LogP) is 0.508. The first-order valence-electron chi connectivity index (χ1n) is 3.95. The van der Waals surface area contributed by atoms with Gasteiger partial charge in [-0.3, -0.25) is 4.68 Å². The summed E-state index contributed by atoms with van der Waals surface area (Å²) in [5, 5.41) is 12.6. The zero-order valence-electron chi connectivity index (χ0n) is 7.43. The lowest BCUT2D eigenvalue weighted by Crippen LogP contribution is -1.97. The van der Waals surface area contributed by atoms with E-state index in [-0.39, 0.29) is 5.69 Å². The van der Waals surface area contributed by atoms with Crippen molar-refractivity contribution in [1.82, 2.24) is 19.7 Å². The van der Waals surface area contributed by atoms with Crippen LogP contribution in [0.1, 0.15) is 10.5 Å². The van der Waals surface area contributed by atoms with Gasteiger partial charge in [0, 0.05) is 13.2 Å². The highest BCUT2D eigenvalue weighted by Crippen LogP contribution is 2.13. The number of aromatic carboxylic acids is 1. The molecular weight excluding hydrogens is 184 g/mol. The lowest BCUT2D eigenvalue weighted by molar-refractivity contribution is 0.0691. The maximum atomic E-state index is 10.6. The molecule has 6 heteroatoms. The molecule has 6 nitrogen and oxygen atoms in total. The van der Waals surface area contributed by atoms with Gasteiger partial charge in [0.15, 0.2) is 5.82 Å². The molecule has 0 aromatic carbocycles. The average molecular weight is 192 g/mol. The van der Waals surface area contributed by atoms with E-state index in [1.165, 1.54) is 6.20 Å². The molecule has 0 radical (unpaired) electrons. The van der Waals surface area contributed by atoms with Crippen molar-refractivity contribution in [2.75, 3.05) is 0 Å². The van der Waals surface area contributed by atoms with Crippen LogP contribution in [0.3, 0.4) is 0 Å². The van der Waals surface area contributed by atoms with E-state index >= 15 is 0 Å². The molecule has 0 aliphatic heterocycles. The molecule has 72 valence electrons. The number of aromatic nitrogens is 4. The molecule has 0 saturated carbocycles. The Bertz CT molecular complexity index is 471. The van der Waals surface area contributed by atoms with Crippen molar-refractivity contribution in [1.29, 1.82) is 0 Å². The van der Waals surface area contributed by atoms with E-state index in [9.17, 15) is 4.79 Å². The van der Waals surface area contributed by atoms with Crippen molar-refractivity contribution in [2.45, 2.75) is 0 Å². The van der Waals surface area contributed by atoms with Crippen LogP contribution in [-0.4, -0.2) is 30.8 Å². The first-order valence-corrected chi connectivity index (χ1v) is 3.95. The van der Waals surface area contributed by atoms with Crippen LogP contribution in [0.4, 0.5) is 0 Å². The van der Waals surface area contributed by atoms with E-state index in [1.54, 1.807) is 24.0 Å². The van der Waals surface area contributed by atoms with Crippen LogP contribution in [0, 0.1) is 0 Å². The standard InChI is InChI=1S/C8H8N4O2/c1-12-6(2-3-10-12)7-9-4-5(11-7)8(13)14/h2-4H,1H3,(H,9,11)(H,13,14). The van der Waals surface area contributed by atoms with Gasteiger partial charge in [0.1, 0.15) is 11.4 Å². The highest BCUT2D eigenvalue weighted by molar-refractivity contribution is 5.85. The summed E-state index contributed by atoms with van der Waals surface area (Å²) in [5.41, 5.74) is 0.818. The third-order valence-corrected chi connectivity index (χ3v) is 1.87. The molecule has 2 heterocycles. The molecule has 0 fully saturated rings. The van der Waals surface area contributed by atoms with Gasteiger partial charge in [-0.2, -0.15) is 5.10 Å². The lowest BCUT2D eigenvalue weighted by Gasteiger charge is -1.95. The maximum absolute atomic E-state index is 10.6. The first-order chi connectivity index (χ1) is 6.68. The summed E-state index contributed by atoms with van der Waals surface area (Å²) in [6, 6.07) is 1.75. The van der Waals surface area contributed by atoms with Gasteiger partial charge in [0.2, 0.25) is 0 Å². The summed E-state index contributed by atoms with van der Waals surface area (Å²) in [5.74, 6) is -0.520. The third-order valence-electron chi connectivity index (χ3n) is 1.87. The summed E-state index contributed by atoms with van der Waals surface area (Å²) < 4.78 is 1.62. The summed E-state index contributed by atoms with van der Waals surface area (Å²) in [6.07, 6.45) is 2.91. The number of hydrogen-bond donors (Lipinski definition) is 2. The van der Waals surface area contributed by atoms with Gasteiger partial charge >= 0.3 is 5.97 Å². The number of aromatic amines is 1. The zero-order valence-corrected chi connectivity index (χ0v) is 7.43. The van der Waals surface area contributed by atoms with Gasteiger partial charge in [0.05, 0.1) is 6.20 Å². The van der Waals surface area contributed by atoms with Crippen molar-refractivity contribution < 1.29 is 9.90 Å². The van der Waals surface area contributed by atoms with Crippen molar-refractivity contribution >= 4 is 5.97 Å². The maximum Gasteiger partial charge on any atom is 0.353 e. The Kier molecular flexibility index (Phi) is 1.81. The molecule has 2 aromatic heterocycles. The number of hydrogen-bond acceptors (Lipinski definition) is 3. The SMILES string of the molecule is Cn1nccc1-c1ncc(C(=O)O)[nH]1. The van der Waals surface area contributed by atoms with E-state index in [4.69, 9.17) is 5.11 Å². The molecule has 0 bridgehead atoms. The Morgan fingerprint density at radius 2 is 2.43 bits per heavy atom. The summed E-state index contributed by atoms with van der Waals surface area (Å²) in [6.45, 7) is 0. The molecule has 0 atom stereocenters. The Balaban J connectivity index is 2.43. The van der Waals surface area contributed by atoms with Gasteiger partial charge in [-0.05, 0) is 6.07 Å². The quantitative estimate of drug-likeness (QED) is 0.726. The van der Waals surface area contributed by atoms with E-state index < -0.39 is 5.97 Å². The van der Waals surface area contributed by atoms with E-state index in [0.717, 1.165) is 5.69 Å². The Morgan fingerprint density at radius 1 is 1.64 bits per heavy atom. The van der Waals surface area contributed by atoms with Crippen LogP contribution in [0.2, 0.25) is 0 Å². The Labute approximate surface area is 79.2 Å². The largest absolute Gasteiger partial charge is 0.477 e. The second kappa shape index (κ2) is 2.99. The van der Waals surface area contributed by atoms with Crippen molar-refractivity contribution in [2.24, 2.45) is 7.05 Å². The molecule has 0 unspecified atom stereocenters. The van der Waals surface area contributed by atoms with Crippen LogP contribution in [0.25, 0.3) is 11.5 Å². The number of rotatable bonds is 2. The van der Waals surface area contributed by atoms with Gasteiger partial charge < -0.3 is 10.1 Å². The molecule has 0 aliphatic carbocycles. The van der Waals surface area contributed by atoms with Gasteiger partial charge in [0.25, 0.3) is 0 Å². The summed E-state index contributed by atoms with van der Waals surface area (Å²) >= 11 is 0. The average Bonchev–Trinajstić information content (AvgIpc) is 2.71. The second-order valence-corrected chi connectivity index (χ2v) is 2.79. The Hall–Kier alpha value is -2.11. The van der Waals surface area contributed by atoms with Crippen LogP contribution >= 0.6 is 0 Å². The number of carboxylic acids is 1. The molecular formula is C8H8N4O2. The highest BCUT2D eigenvalue weighted by Gasteiger charge is 2.10. The molecule has 14 heavy (non-hydrogen) atoms. The fraction of sp³-hybridized carbons (Fsp3) is 0.125. The number of imidazole rings is 1. The fourth-order valence-electron chi connectivity index (χ4n) is 1.17. The third kappa shape index (κ3) is 1.26. The van der Waals surface area contributed by atoms with E-state index in [2.05, 4.69) is 15.1 Å². The minimum Gasteiger partial charge on any atom is -0.477 e. The van der Waals surface area contributed by atoms with Crippen molar-refractivity contribution in [3.8, 4) is 11.5 Å². The number of H-pyrrole nitrogens is 1. The van der Waals surface area contributed by atoms with Crippen LogP contribution < -0.4 is 0 Å². The molecule has 0 saturated heterocycles. The van der Waals surface area contributed by atoms with Crippen molar-refractivity contribution in [3.05, 3.63) is 24.2 Å². The van der Waals surface area contributed by atoms with E-state index in [0.29, 0.717) is 5.82 Å². The monoisotopic (exact) mass is 192 g/mol. The van der Waals surface area contributed by atoms with Crippen LogP contribution in [-0.2, 0) is 7.05 Å². The smallest absolute Gasteiger partial charge is 0.353 e. The molecule has 0 spiro atoms. The fourth-order valence-corrected chi connectivity index (χ4v) is 1.17. The van der Waals surface area contributed by atoms with Crippen LogP contribution in [0.15, 0.2) is 18.5 Å². The zero-order chi connectivity index (χ0) is 10.1. The molecule has 2 N–H and O–H groups in total. The predicted molar refractivity (Wildman–Crippen MR) is 47.7 cm³/mol. The minimum atomic E-state index is -1.02. The van der Waals surface area contributed by atoms with Crippen molar-refractivity contribution in [3.63, 3.8) is 0 Å². The van der Waals surface area contributed by atoms with Gasteiger partial charge in [-0.1, -0.05) is 0 Å². The normalized spacial score (nSPS) is 10.4. The van der Waals surface area contributed by atoms with Crippen LogP contribution in [0.5, 0.6) is 0 Å². The van der Waals surface area contributed by atoms with Gasteiger partial charge in [-0.25, -0.2) is 9.78 Å². The molecule has 0 aliphatic rings. The summed E-state index contributed by atoms with van der Waals surface area (Å²) in [7, 11) is 1.76. The summed E-state index contributed by atoms with van der Waals surface area (Å²) in [4.78, 5) is 17.2. The first kappa shape index (κ1) is 8.49. The second-order valence-electron chi connectivity index (χ2n) is 2.79. The van der Waals surface area contributed by atoms with E-state index in [1.807, 2.05) is 0 Å². The lowest BCUT2D eigenvalue weighted by atomic mass is 10.4. The topological polar surface area (TPSA) is 83.8 Å². The number of nitrogens with zero attached hydrogens (tertiary/aromatic N) is 3.